The summed E-state index contributed by atoms with van der Waals surface area (Å²) >= 11 is 5.75. The molecular formula is C10H14ClN3O2. The molecule has 0 spiro atoms. The molecule has 0 saturated heterocycles. The van der Waals surface area contributed by atoms with Gasteiger partial charge in [-0.1, -0.05) is 11.6 Å². The van der Waals surface area contributed by atoms with Crippen molar-refractivity contribution in [3.63, 3.8) is 0 Å². The third-order valence-electron chi connectivity index (χ3n) is 2.44. The number of aldehydes is 1. The first-order chi connectivity index (χ1) is 7.38. The Morgan fingerprint density at radius 2 is 2.19 bits per heavy atom. The van der Waals surface area contributed by atoms with Crippen LogP contribution in [0.4, 0.5) is 5.82 Å². The van der Waals surface area contributed by atoms with Gasteiger partial charge in [0.15, 0.2) is 6.29 Å². The summed E-state index contributed by atoms with van der Waals surface area (Å²) in [6.45, 7) is 5.24. The summed E-state index contributed by atoms with van der Waals surface area (Å²) in [5, 5.41) is 12.6. The molecule has 0 aromatic carbocycles. The van der Waals surface area contributed by atoms with Crippen LogP contribution in [0, 0.1) is 0 Å². The average Bonchev–Trinajstić information content (AvgIpc) is 2.17. The summed E-state index contributed by atoms with van der Waals surface area (Å²) in [5.74, 6) is 0.320. The zero-order valence-corrected chi connectivity index (χ0v) is 10.1. The first-order valence-corrected chi connectivity index (χ1v) is 5.18. The van der Waals surface area contributed by atoms with Gasteiger partial charge in [0.2, 0.25) is 0 Å². The maximum Gasteiger partial charge on any atom is 0.156 e. The van der Waals surface area contributed by atoms with E-state index in [4.69, 9.17) is 11.6 Å². The number of nitrogens with zero attached hydrogens (tertiary/aromatic N) is 2. The Morgan fingerprint density at radius 1 is 1.56 bits per heavy atom. The van der Waals surface area contributed by atoms with Crippen molar-refractivity contribution < 1.29 is 9.90 Å². The van der Waals surface area contributed by atoms with Crippen LogP contribution in [-0.2, 0) is 0 Å². The van der Waals surface area contributed by atoms with E-state index in [9.17, 15) is 9.90 Å². The fourth-order valence-electron chi connectivity index (χ4n) is 0.988. The van der Waals surface area contributed by atoms with Crippen LogP contribution in [0.2, 0.25) is 5.15 Å². The summed E-state index contributed by atoms with van der Waals surface area (Å²) in [7, 11) is 0. The Bertz CT molecular complexity index is 394. The molecule has 1 aromatic heterocycles. The highest BCUT2D eigenvalue weighted by Gasteiger charge is 2.25. The van der Waals surface area contributed by atoms with Crippen LogP contribution >= 0.6 is 11.6 Å². The van der Waals surface area contributed by atoms with Crippen molar-refractivity contribution in [3.05, 3.63) is 17.0 Å². The van der Waals surface area contributed by atoms with Crippen molar-refractivity contribution in [1.29, 1.82) is 0 Å². The molecule has 1 aromatic rings. The number of nitrogens with one attached hydrogen (secondary N) is 1. The molecule has 2 N–H and O–H groups in total. The number of aliphatic hydroxyl groups excluding tert-OH is 1. The lowest BCUT2D eigenvalue weighted by molar-refractivity contribution is 0.112. The number of hydrogen-bond donors (Lipinski definition) is 2. The van der Waals surface area contributed by atoms with Crippen molar-refractivity contribution in [2.24, 2.45) is 0 Å². The molecular weight excluding hydrogens is 230 g/mol. The van der Waals surface area contributed by atoms with E-state index >= 15 is 0 Å². The summed E-state index contributed by atoms with van der Waals surface area (Å²) < 4.78 is 0. The van der Waals surface area contributed by atoms with Crippen LogP contribution in [0.5, 0.6) is 0 Å². The van der Waals surface area contributed by atoms with Gasteiger partial charge in [-0.05, 0) is 20.8 Å². The van der Waals surface area contributed by atoms with Crippen LogP contribution in [0.15, 0.2) is 6.33 Å². The molecule has 0 fully saturated rings. The minimum Gasteiger partial charge on any atom is -0.391 e. The zero-order valence-electron chi connectivity index (χ0n) is 9.36. The highest BCUT2D eigenvalue weighted by Crippen LogP contribution is 2.22. The number of carbonyl (C=O) groups is 1. The van der Waals surface area contributed by atoms with E-state index in [1.165, 1.54) is 6.33 Å². The van der Waals surface area contributed by atoms with E-state index < -0.39 is 11.6 Å². The molecule has 6 heteroatoms. The monoisotopic (exact) mass is 243 g/mol. The van der Waals surface area contributed by atoms with Gasteiger partial charge in [0.1, 0.15) is 17.3 Å². The Balaban J connectivity index is 3.06. The molecule has 0 bridgehead atoms. The molecule has 1 rings (SSSR count). The Morgan fingerprint density at radius 3 is 2.69 bits per heavy atom. The van der Waals surface area contributed by atoms with Gasteiger partial charge in [0.25, 0.3) is 0 Å². The van der Waals surface area contributed by atoms with E-state index in [2.05, 4.69) is 15.3 Å². The van der Waals surface area contributed by atoms with Gasteiger partial charge >= 0.3 is 0 Å². The van der Waals surface area contributed by atoms with E-state index in [-0.39, 0.29) is 10.7 Å². The quantitative estimate of drug-likeness (QED) is 0.619. The number of rotatable bonds is 4. The fourth-order valence-corrected chi connectivity index (χ4v) is 1.17. The lowest BCUT2D eigenvalue weighted by Crippen LogP contribution is -2.42. The van der Waals surface area contributed by atoms with Crippen LogP contribution in [0.25, 0.3) is 0 Å². The first kappa shape index (κ1) is 12.9. The molecule has 5 nitrogen and oxygen atoms in total. The number of aromatic nitrogens is 2. The zero-order chi connectivity index (χ0) is 12.3. The van der Waals surface area contributed by atoms with Crippen LogP contribution in [0.1, 0.15) is 31.1 Å². The topological polar surface area (TPSA) is 75.1 Å². The second-order valence-electron chi connectivity index (χ2n) is 4.07. The minimum atomic E-state index is -0.616. The highest BCUT2D eigenvalue weighted by atomic mass is 35.5. The predicted molar refractivity (Wildman–Crippen MR) is 61.8 cm³/mol. The van der Waals surface area contributed by atoms with Crippen molar-refractivity contribution in [3.8, 4) is 0 Å². The van der Waals surface area contributed by atoms with Gasteiger partial charge in [-0.3, -0.25) is 4.79 Å². The fraction of sp³-hybridized carbons (Fsp3) is 0.500. The first-order valence-electron chi connectivity index (χ1n) is 4.80. The van der Waals surface area contributed by atoms with E-state index in [1.807, 2.05) is 0 Å². The second-order valence-corrected chi connectivity index (χ2v) is 4.43. The average molecular weight is 244 g/mol. The molecule has 0 amide bonds. The standard InChI is InChI=1S/C10H14ClN3O2/c1-6(16)10(2,3)14-9-7(4-15)8(11)12-5-13-9/h4-6,16H,1-3H3,(H,12,13,14). The maximum absolute atomic E-state index is 10.8. The smallest absolute Gasteiger partial charge is 0.156 e. The minimum absolute atomic E-state index is 0.0916. The third kappa shape index (κ3) is 2.68. The SMILES string of the molecule is CC(O)C(C)(C)Nc1ncnc(Cl)c1C=O. The Kier molecular flexibility index (Phi) is 3.83. The Hall–Kier alpha value is -1.20. The summed E-state index contributed by atoms with van der Waals surface area (Å²) in [6.07, 6.45) is 1.24. The van der Waals surface area contributed by atoms with Gasteiger partial charge in [0.05, 0.1) is 17.2 Å². The van der Waals surface area contributed by atoms with Crippen LogP contribution in [-0.4, -0.2) is 33.0 Å². The van der Waals surface area contributed by atoms with Crippen molar-refractivity contribution in [1.82, 2.24) is 9.97 Å². The molecule has 0 aliphatic rings. The largest absolute Gasteiger partial charge is 0.391 e. The molecule has 1 heterocycles. The van der Waals surface area contributed by atoms with Crippen LogP contribution < -0.4 is 5.32 Å². The predicted octanol–water partition coefficient (Wildman–Crippen LogP) is 1.51. The maximum atomic E-state index is 10.8. The van der Waals surface area contributed by atoms with Crippen molar-refractivity contribution >= 4 is 23.7 Å². The van der Waals surface area contributed by atoms with Gasteiger partial charge in [0, 0.05) is 0 Å². The number of carbonyl (C=O) groups excluding carboxylic acids is 1. The highest BCUT2D eigenvalue weighted by molar-refractivity contribution is 6.32. The Labute approximate surface area is 98.9 Å². The van der Waals surface area contributed by atoms with E-state index in [1.54, 1.807) is 20.8 Å². The van der Waals surface area contributed by atoms with E-state index in [0.29, 0.717) is 12.1 Å². The van der Waals surface area contributed by atoms with Gasteiger partial charge < -0.3 is 10.4 Å². The van der Waals surface area contributed by atoms with Crippen LogP contribution in [0.3, 0.4) is 0 Å². The van der Waals surface area contributed by atoms with Crippen molar-refractivity contribution in [2.45, 2.75) is 32.4 Å². The van der Waals surface area contributed by atoms with Gasteiger partial charge in [-0.2, -0.15) is 0 Å². The lowest BCUT2D eigenvalue weighted by atomic mass is 9.98. The molecule has 88 valence electrons. The summed E-state index contributed by atoms with van der Waals surface area (Å²) in [6, 6.07) is 0. The molecule has 1 unspecified atom stereocenters. The molecule has 16 heavy (non-hydrogen) atoms. The number of aliphatic hydroxyl groups is 1. The van der Waals surface area contributed by atoms with Crippen molar-refractivity contribution in [2.75, 3.05) is 5.32 Å². The summed E-state index contributed by atoms with van der Waals surface area (Å²) in [4.78, 5) is 18.5. The van der Waals surface area contributed by atoms with Gasteiger partial charge in [-0.25, -0.2) is 9.97 Å². The molecule has 1 atom stereocenters. The molecule has 0 aliphatic heterocycles. The lowest BCUT2D eigenvalue weighted by Gasteiger charge is -2.30. The van der Waals surface area contributed by atoms with E-state index in [0.717, 1.165) is 0 Å². The van der Waals surface area contributed by atoms with Gasteiger partial charge in [-0.15, -0.1) is 0 Å². The number of anilines is 1. The number of halogens is 1. The second kappa shape index (κ2) is 4.76. The normalized spacial score (nSPS) is 13.3. The number of hydrogen-bond acceptors (Lipinski definition) is 5. The molecule has 0 aliphatic carbocycles. The molecule has 0 radical (unpaired) electrons. The third-order valence-corrected chi connectivity index (χ3v) is 2.74. The summed E-state index contributed by atoms with van der Waals surface area (Å²) in [5.41, 5.74) is -0.423. The molecule has 0 saturated carbocycles.